The van der Waals surface area contributed by atoms with Crippen molar-refractivity contribution in [2.75, 3.05) is 0 Å². The van der Waals surface area contributed by atoms with Gasteiger partial charge in [-0.2, -0.15) is 0 Å². The minimum atomic E-state index is -0.300. The number of hydrogen-bond acceptors (Lipinski definition) is 2. The fraction of sp³-hybridized carbons (Fsp3) is 0.0870. The van der Waals surface area contributed by atoms with Gasteiger partial charge >= 0.3 is 0 Å². The van der Waals surface area contributed by atoms with Crippen LogP contribution in [0.15, 0.2) is 146 Å². The number of benzene rings is 7. The molecule has 1 atom stereocenters. The lowest BCUT2D eigenvalue weighted by molar-refractivity contribution is 0.887. The van der Waals surface area contributed by atoms with Crippen LogP contribution in [0.5, 0.6) is 0 Å². The molecule has 0 amide bonds. The average Bonchev–Trinajstić information content (AvgIpc) is 3.77. The average molecular weight is 677 g/mol. The van der Waals surface area contributed by atoms with Gasteiger partial charge in [-0.1, -0.05) is 108 Å². The molecule has 11 rings (SSSR count). The minimum Gasteiger partial charge on any atom is -0.313 e. The van der Waals surface area contributed by atoms with E-state index in [9.17, 15) is 0 Å². The van der Waals surface area contributed by atoms with Crippen molar-refractivity contribution in [3.8, 4) is 16.8 Å². The maximum absolute atomic E-state index is 4.97. The number of aromatic nitrogens is 2. The van der Waals surface area contributed by atoms with Gasteiger partial charge in [0.25, 0.3) is 0 Å². The number of rotatable bonds is 3. The maximum atomic E-state index is 4.97. The van der Waals surface area contributed by atoms with Crippen LogP contribution in [0.3, 0.4) is 0 Å². The van der Waals surface area contributed by atoms with Crippen LogP contribution in [0.2, 0.25) is 0 Å². The molecule has 0 fully saturated rings. The van der Waals surface area contributed by atoms with Crippen molar-refractivity contribution in [1.82, 2.24) is 9.13 Å². The van der Waals surface area contributed by atoms with Crippen molar-refractivity contribution in [3.63, 3.8) is 0 Å². The third-order valence-electron chi connectivity index (χ3n) is 11.4. The van der Waals surface area contributed by atoms with Crippen LogP contribution in [-0.2, 0) is 4.75 Å². The first-order chi connectivity index (χ1) is 24.6. The Bertz CT molecular complexity index is 2990. The molecule has 2 heterocycles. The Balaban J connectivity index is 1.26. The molecule has 50 heavy (non-hydrogen) atoms. The van der Waals surface area contributed by atoms with Crippen molar-refractivity contribution in [2.45, 2.75) is 24.5 Å². The van der Waals surface area contributed by atoms with Crippen molar-refractivity contribution in [2.24, 2.45) is 0 Å². The SMILES string of the molecule is CC1(SS)c2cc3c4c5ccccc5ccc4n(-c4ccc5c(c4)c4ccccc4n5C4=CC=CCC4)c3cc2-c2ccc3ccccc3c21. The molecule has 0 spiro atoms. The van der Waals surface area contributed by atoms with Crippen molar-refractivity contribution < 1.29 is 0 Å². The van der Waals surface area contributed by atoms with Crippen molar-refractivity contribution in [3.05, 3.63) is 157 Å². The van der Waals surface area contributed by atoms with Crippen LogP contribution < -0.4 is 0 Å². The zero-order valence-electron chi connectivity index (χ0n) is 27.5. The van der Waals surface area contributed by atoms with Crippen LogP contribution in [0.1, 0.15) is 30.9 Å². The molecule has 2 aromatic heterocycles. The second-order valence-electron chi connectivity index (χ2n) is 13.9. The zero-order chi connectivity index (χ0) is 33.1. The van der Waals surface area contributed by atoms with E-state index in [2.05, 4.69) is 162 Å². The fourth-order valence-electron chi connectivity index (χ4n) is 9.15. The Morgan fingerprint density at radius 2 is 1.32 bits per heavy atom. The van der Waals surface area contributed by atoms with E-state index in [0.29, 0.717) is 0 Å². The largest absolute Gasteiger partial charge is 0.313 e. The molecule has 1 unspecified atom stereocenters. The third kappa shape index (κ3) is 3.73. The molecule has 0 saturated carbocycles. The minimum absolute atomic E-state index is 0.300. The number of para-hydroxylation sites is 1. The Labute approximate surface area is 299 Å². The van der Waals surface area contributed by atoms with Gasteiger partial charge in [0.15, 0.2) is 0 Å². The summed E-state index contributed by atoms with van der Waals surface area (Å²) in [7, 11) is 1.65. The van der Waals surface area contributed by atoms with Crippen molar-refractivity contribution >= 4 is 93.3 Å². The van der Waals surface area contributed by atoms with E-state index in [4.69, 9.17) is 11.7 Å². The van der Waals surface area contributed by atoms with E-state index >= 15 is 0 Å². The second-order valence-corrected chi connectivity index (χ2v) is 15.5. The number of nitrogens with zero attached hydrogens (tertiary/aromatic N) is 2. The normalized spacial score (nSPS) is 17.0. The summed E-state index contributed by atoms with van der Waals surface area (Å²) in [6.45, 7) is 2.35. The van der Waals surface area contributed by atoms with E-state index in [1.807, 2.05) is 0 Å². The molecule has 0 N–H and O–H groups in total. The molecule has 2 aliphatic carbocycles. The summed E-state index contributed by atoms with van der Waals surface area (Å²) >= 11 is 4.97. The molecule has 2 nitrogen and oxygen atoms in total. The zero-order valence-corrected chi connectivity index (χ0v) is 29.2. The second kappa shape index (κ2) is 10.4. The summed E-state index contributed by atoms with van der Waals surface area (Å²) in [5, 5.41) is 10.3. The van der Waals surface area contributed by atoms with Crippen LogP contribution in [0.25, 0.3) is 87.7 Å². The van der Waals surface area contributed by atoms with Gasteiger partial charge in [0.05, 0.1) is 26.8 Å². The summed E-state index contributed by atoms with van der Waals surface area (Å²) in [6.07, 6.45) is 8.85. The first kappa shape index (κ1) is 28.7. The predicted molar refractivity (Wildman–Crippen MR) is 220 cm³/mol. The summed E-state index contributed by atoms with van der Waals surface area (Å²) in [4.78, 5) is 0. The van der Waals surface area contributed by atoms with Gasteiger partial charge < -0.3 is 9.13 Å². The molecule has 7 aromatic carbocycles. The molecule has 4 heteroatoms. The van der Waals surface area contributed by atoms with Crippen LogP contribution in [0, 0.1) is 0 Å². The van der Waals surface area contributed by atoms with Crippen LogP contribution in [0.4, 0.5) is 0 Å². The standard InChI is InChI=1S/C46H32N2S2/c1-46(50-49)39-26-38-43(27-36(39)35-22-19-29-12-6-8-16-33(29)45(35)46)48(42-23-20-28-11-5-7-15-32(28)44(38)42)31-21-24-41-37(25-31)34-17-9-10-18-40(34)47(41)30-13-3-2-4-14-30/h2-3,5-13,15-27,49H,4,14H2,1H3. The first-order valence-corrected chi connectivity index (χ1v) is 19.3. The lowest BCUT2D eigenvalue weighted by Gasteiger charge is -2.25. The molecule has 0 saturated heterocycles. The highest BCUT2D eigenvalue weighted by Crippen LogP contribution is 2.59. The lowest BCUT2D eigenvalue weighted by atomic mass is 9.92. The number of allylic oxidation sites excluding steroid dienone is 4. The third-order valence-corrected chi connectivity index (χ3v) is 13.3. The molecule has 2 aliphatic rings. The maximum Gasteiger partial charge on any atom is 0.0748 e. The molecule has 0 aliphatic heterocycles. The van der Waals surface area contributed by atoms with E-state index in [1.165, 1.54) is 98.8 Å². The molecule has 9 aromatic rings. The highest BCUT2D eigenvalue weighted by atomic mass is 33.1. The van der Waals surface area contributed by atoms with Crippen LogP contribution >= 0.6 is 22.5 Å². The molecule has 0 radical (unpaired) electrons. The monoisotopic (exact) mass is 676 g/mol. The Morgan fingerprint density at radius 3 is 2.14 bits per heavy atom. The quantitative estimate of drug-likeness (QED) is 0.145. The van der Waals surface area contributed by atoms with Crippen LogP contribution in [-0.4, -0.2) is 9.13 Å². The number of hydrogen-bond donors (Lipinski definition) is 1. The van der Waals surface area contributed by atoms with Gasteiger partial charge in [-0.25, -0.2) is 0 Å². The Kier molecular flexibility index (Phi) is 5.98. The first-order valence-electron chi connectivity index (χ1n) is 17.4. The van der Waals surface area contributed by atoms with E-state index in [0.717, 1.165) is 12.8 Å². The number of fused-ring (bicyclic) bond motifs is 13. The van der Waals surface area contributed by atoms with Crippen molar-refractivity contribution in [1.29, 1.82) is 0 Å². The fourth-order valence-corrected chi connectivity index (χ4v) is 10.3. The molecular weight excluding hydrogens is 645 g/mol. The lowest BCUT2D eigenvalue weighted by Crippen LogP contribution is -2.14. The number of thiol groups is 1. The van der Waals surface area contributed by atoms with Gasteiger partial charge in [0.2, 0.25) is 0 Å². The summed E-state index contributed by atoms with van der Waals surface area (Å²) in [5.41, 5.74) is 12.8. The molecular formula is C46H32N2S2. The molecule has 0 bridgehead atoms. The summed E-state index contributed by atoms with van der Waals surface area (Å²) in [5.74, 6) is 0. The van der Waals surface area contributed by atoms with E-state index in [1.54, 1.807) is 10.8 Å². The Morgan fingerprint density at radius 1 is 0.600 bits per heavy atom. The highest BCUT2D eigenvalue weighted by molar-refractivity contribution is 8.69. The van der Waals surface area contributed by atoms with E-state index in [-0.39, 0.29) is 4.75 Å². The molecule has 238 valence electrons. The summed E-state index contributed by atoms with van der Waals surface area (Å²) < 4.78 is 4.68. The van der Waals surface area contributed by atoms with Gasteiger partial charge in [0, 0.05) is 32.9 Å². The van der Waals surface area contributed by atoms with Gasteiger partial charge in [-0.05, 0) is 112 Å². The topological polar surface area (TPSA) is 9.86 Å². The predicted octanol–water partition coefficient (Wildman–Crippen LogP) is 13.2. The van der Waals surface area contributed by atoms with Gasteiger partial charge in [-0.3, -0.25) is 0 Å². The van der Waals surface area contributed by atoms with Gasteiger partial charge in [0.1, 0.15) is 0 Å². The highest BCUT2D eigenvalue weighted by Gasteiger charge is 2.41. The Hall–Kier alpha value is -5.16. The smallest absolute Gasteiger partial charge is 0.0748 e. The van der Waals surface area contributed by atoms with Gasteiger partial charge in [-0.15, -0.1) is 11.7 Å². The van der Waals surface area contributed by atoms with E-state index < -0.39 is 0 Å². The summed E-state index contributed by atoms with van der Waals surface area (Å²) in [6, 6.07) is 47.7.